The van der Waals surface area contributed by atoms with Gasteiger partial charge in [0.05, 0.1) is 23.8 Å². The first-order chi connectivity index (χ1) is 13.3. The summed E-state index contributed by atoms with van der Waals surface area (Å²) in [5.74, 6) is -0.172. The molecule has 1 aromatic heterocycles. The van der Waals surface area contributed by atoms with E-state index in [1.54, 1.807) is 11.7 Å². The van der Waals surface area contributed by atoms with E-state index >= 15 is 0 Å². The van der Waals surface area contributed by atoms with Crippen LogP contribution in [0.2, 0.25) is 0 Å². The zero-order valence-electron chi connectivity index (χ0n) is 16.8. The first kappa shape index (κ1) is 20.0. The van der Waals surface area contributed by atoms with Gasteiger partial charge in [-0.25, -0.2) is 4.68 Å². The minimum Gasteiger partial charge on any atom is -0.358 e. The summed E-state index contributed by atoms with van der Waals surface area (Å²) >= 11 is 0. The third-order valence-electron chi connectivity index (χ3n) is 5.25. The maximum absolute atomic E-state index is 12.6. The summed E-state index contributed by atoms with van der Waals surface area (Å²) in [7, 11) is 1.63. The van der Waals surface area contributed by atoms with Crippen molar-refractivity contribution in [1.29, 1.82) is 0 Å². The largest absolute Gasteiger partial charge is 0.358 e. The number of nitrogens with one attached hydrogen (secondary N) is 3. The Morgan fingerprint density at radius 3 is 2.64 bits per heavy atom. The molecule has 3 rings (SSSR count). The minimum absolute atomic E-state index is 0.0236. The average Bonchev–Trinajstić information content (AvgIpc) is 3.36. The summed E-state index contributed by atoms with van der Waals surface area (Å²) in [6, 6.07) is 7.44. The van der Waals surface area contributed by atoms with Crippen molar-refractivity contribution in [1.82, 2.24) is 30.9 Å². The van der Waals surface area contributed by atoms with Crippen LogP contribution in [0.25, 0.3) is 0 Å². The Hall–Kier alpha value is -2.74. The smallest absolute Gasteiger partial charge is 0.252 e. The summed E-state index contributed by atoms with van der Waals surface area (Å²) in [6.07, 6.45) is 3.44. The van der Waals surface area contributed by atoms with E-state index in [0.717, 1.165) is 6.42 Å². The predicted molar refractivity (Wildman–Crippen MR) is 106 cm³/mol. The highest BCUT2D eigenvalue weighted by molar-refractivity contribution is 5.94. The van der Waals surface area contributed by atoms with E-state index in [4.69, 9.17) is 0 Å². The lowest BCUT2D eigenvalue weighted by molar-refractivity contribution is -0.122. The molecule has 1 aromatic carbocycles. The molecule has 0 saturated carbocycles. The van der Waals surface area contributed by atoms with Gasteiger partial charge in [-0.05, 0) is 44.4 Å². The molecule has 1 aliphatic heterocycles. The van der Waals surface area contributed by atoms with Crippen LogP contribution in [0.15, 0.2) is 30.5 Å². The van der Waals surface area contributed by atoms with Gasteiger partial charge < -0.3 is 16.0 Å². The topological polar surface area (TPSA) is 101 Å². The summed E-state index contributed by atoms with van der Waals surface area (Å²) in [4.78, 5) is 24.4. The van der Waals surface area contributed by atoms with Crippen molar-refractivity contribution in [2.45, 2.75) is 51.2 Å². The molecule has 2 atom stereocenters. The van der Waals surface area contributed by atoms with Crippen LogP contribution in [-0.4, -0.2) is 46.4 Å². The van der Waals surface area contributed by atoms with Crippen molar-refractivity contribution in [2.24, 2.45) is 0 Å². The summed E-state index contributed by atoms with van der Waals surface area (Å²) < 4.78 is 1.77. The number of amides is 2. The van der Waals surface area contributed by atoms with E-state index in [-0.39, 0.29) is 23.9 Å². The number of aromatic nitrogens is 3. The van der Waals surface area contributed by atoms with Gasteiger partial charge in [-0.3, -0.25) is 9.59 Å². The lowest BCUT2D eigenvalue weighted by Crippen LogP contribution is -2.41. The molecule has 2 aromatic rings. The SMILES string of the molecule is CCc1ccc(C(=O)NC(C)(C)c2cn([C@@H]3CN[C@H](C(=O)NC)C3)nn2)cc1. The molecule has 1 aliphatic rings. The number of rotatable bonds is 6. The van der Waals surface area contributed by atoms with Crippen LogP contribution >= 0.6 is 0 Å². The molecule has 2 heterocycles. The number of likely N-dealkylation sites (N-methyl/N-ethyl adjacent to an activating group) is 1. The molecule has 3 N–H and O–H groups in total. The Morgan fingerprint density at radius 2 is 2.00 bits per heavy atom. The maximum atomic E-state index is 12.6. The number of aryl methyl sites for hydroxylation is 1. The van der Waals surface area contributed by atoms with Gasteiger partial charge in [0.1, 0.15) is 5.69 Å². The molecule has 8 nitrogen and oxygen atoms in total. The normalized spacial score (nSPS) is 19.4. The Kier molecular flexibility index (Phi) is 5.79. The van der Waals surface area contributed by atoms with Crippen molar-refractivity contribution in [3.63, 3.8) is 0 Å². The number of carbonyl (C=O) groups excluding carboxylic acids is 2. The van der Waals surface area contributed by atoms with E-state index < -0.39 is 5.54 Å². The van der Waals surface area contributed by atoms with Crippen molar-refractivity contribution >= 4 is 11.8 Å². The van der Waals surface area contributed by atoms with E-state index in [9.17, 15) is 9.59 Å². The first-order valence-corrected chi connectivity index (χ1v) is 9.62. The third-order valence-corrected chi connectivity index (χ3v) is 5.25. The van der Waals surface area contributed by atoms with Gasteiger partial charge in [-0.1, -0.05) is 24.3 Å². The molecule has 1 saturated heterocycles. The predicted octanol–water partition coefficient (Wildman–Crippen LogP) is 1.15. The van der Waals surface area contributed by atoms with Crippen LogP contribution in [0.3, 0.4) is 0 Å². The fourth-order valence-electron chi connectivity index (χ4n) is 3.35. The highest BCUT2D eigenvalue weighted by atomic mass is 16.2. The molecule has 8 heteroatoms. The molecule has 2 amide bonds. The molecule has 0 unspecified atom stereocenters. The molecular formula is C20H28N6O2. The second-order valence-electron chi connectivity index (χ2n) is 7.68. The van der Waals surface area contributed by atoms with Crippen molar-refractivity contribution in [3.05, 3.63) is 47.3 Å². The zero-order chi connectivity index (χ0) is 20.3. The van der Waals surface area contributed by atoms with E-state index in [0.29, 0.717) is 24.2 Å². The number of hydrogen-bond acceptors (Lipinski definition) is 5. The van der Waals surface area contributed by atoms with Gasteiger partial charge in [0.15, 0.2) is 0 Å². The molecule has 0 radical (unpaired) electrons. The van der Waals surface area contributed by atoms with Gasteiger partial charge in [0.25, 0.3) is 5.91 Å². The molecule has 1 fully saturated rings. The van der Waals surface area contributed by atoms with Gasteiger partial charge in [0.2, 0.25) is 5.91 Å². The van der Waals surface area contributed by atoms with Crippen LogP contribution in [0.1, 0.15) is 54.8 Å². The average molecular weight is 384 g/mol. The summed E-state index contributed by atoms with van der Waals surface area (Å²) in [5, 5.41) is 17.4. The fourth-order valence-corrected chi connectivity index (χ4v) is 3.35. The Morgan fingerprint density at radius 1 is 1.29 bits per heavy atom. The van der Waals surface area contributed by atoms with E-state index in [1.807, 2.05) is 44.3 Å². The van der Waals surface area contributed by atoms with Gasteiger partial charge in [-0.2, -0.15) is 0 Å². The Balaban J connectivity index is 1.67. The number of benzene rings is 1. The van der Waals surface area contributed by atoms with Crippen molar-refractivity contribution in [2.75, 3.05) is 13.6 Å². The lowest BCUT2D eigenvalue weighted by Gasteiger charge is -2.23. The van der Waals surface area contributed by atoms with Crippen LogP contribution in [-0.2, 0) is 16.8 Å². The Bertz CT molecular complexity index is 843. The highest BCUT2D eigenvalue weighted by Gasteiger charge is 2.32. The number of nitrogens with zero attached hydrogens (tertiary/aromatic N) is 3. The number of hydrogen-bond donors (Lipinski definition) is 3. The lowest BCUT2D eigenvalue weighted by atomic mass is 10.00. The molecule has 0 spiro atoms. The first-order valence-electron chi connectivity index (χ1n) is 9.62. The quantitative estimate of drug-likeness (QED) is 0.694. The monoisotopic (exact) mass is 384 g/mol. The second kappa shape index (κ2) is 8.10. The van der Waals surface area contributed by atoms with Crippen LogP contribution in [0.5, 0.6) is 0 Å². The zero-order valence-corrected chi connectivity index (χ0v) is 16.8. The summed E-state index contributed by atoms with van der Waals surface area (Å²) in [5.41, 5.74) is 1.81. The molecule has 0 aliphatic carbocycles. The van der Waals surface area contributed by atoms with Crippen molar-refractivity contribution < 1.29 is 9.59 Å². The number of carbonyl (C=O) groups is 2. The third kappa shape index (κ3) is 4.22. The van der Waals surface area contributed by atoms with Crippen molar-refractivity contribution in [3.8, 4) is 0 Å². The van der Waals surface area contributed by atoms with E-state index in [1.165, 1.54) is 5.56 Å². The van der Waals surface area contributed by atoms with Crippen LogP contribution in [0.4, 0.5) is 0 Å². The van der Waals surface area contributed by atoms with Crippen LogP contribution in [0, 0.1) is 0 Å². The maximum Gasteiger partial charge on any atom is 0.252 e. The molecule has 28 heavy (non-hydrogen) atoms. The standard InChI is InChI=1S/C20H28N6O2/c1-5-13-6-8-14(9-7-13)18(27)23-20(2,3)17-12-26(25-24-17)15-10-16(22-11-15)19(28)21-4/h6-9,12,15-16,22H,5,10-11H2,1-4H3,(H,21,28)(H,23,27)/t15-,16-/m0/s1. The molecule has 150 valence electrons. The Labute approximate surface area is 165 Å². The second-order valence-corrected chi connectivity index (χ2v) is 7.68. The van der Waals surface area contributed by atoms with Gasteiger partial charge in [-0.15, -0.1) is 5.10 Å². The van der Waals surface area contributed by atoms with Gasteiger partial charge in [0, 0.05) is 19.2 Å². The highest BCUT2D eigenvalue weighted by Crippen LogP contribution is 2.23. The minimum atomic E-state index is -0.676. The van der Waals surface area contributed by atoms with E-state index in [2.05, 4.69) is 33.2 Å². The molecule has 0 bridgehead atoms. The van der Waals surface area contributed by atoms with Crippen LogP contribution < -0.4 is 16.0 Å². The molecular weight excluding hydrogens is 356 g/mol. The van der Waals surface area contributed by atoms with Gasteiger partial charge >= 0.3 is 0 Å². The summed E-state index contributed by atoms with van der Waals surface area (Å²) in [6.45, 7) is 6.54. The fraction of sp³-hybridized carbons (Fsp3) is 0.500.